The number of hydrogen-bond donors (Lipinski definition) is 2. The number of carbonyl (C=O) groups excluding carboxylic acids is 1. The van der Waals surface area contributed by atoms with Crippen LogP contribution in [0, 0.1) is 0 Å². The summed E-state index contributed by atoms with van der Waals surface area (Å²) >= 11 is 0. The molecule has 8 heteroatoms. The number of rotatable bonds is 2. The van der Waals surface area contributed by atoms with Crippen LogP contribution in [0.1, 0.15) is 0 Å². The molecule has 96 valence electrons. The molecule has 0 aliphatic carbocycles. The van der Waals surface area contributed by atoms with Crippen LogP contribution in [-0.4, -0.2) is 38.0 Å². The van der Waals surface area contributed by atoms with Crippen molar-refractivity contribution < 1.29 is 9.53 Å². The Kier molecular flexibility index (Phi) is 2.60. The van der Waals surface area contributed by atoms with Crippen LogP contribution in [0.15, 0.2) is 30.7 Å². The standard InChI is InChI=1S/C11H10N6O2/c1-19-11(18)15-10-14-9(7-5-12-13-6-7)8-3-2-4-17(8)16-10/h2-6H,1H3,(H,12,13)(H,15,16,18). The van der Waals surface area contributed by atoms with Gasteiger partial charge >= 0.3 is 6.09 Å². The summed E-state index contributed by atoms with van der Waals surface area (Å²) in [4.78, 5) is 15.5. The van der Waals surface area contributed by atoms with E-state index in [4.69, 9.17) is 0 Å². The van der Waals surface area contributed by atoms with E-state index >= 15 is 0 Å². The molecule has 3 heterocycles. The Morgan fingerprint density at radius 2 is 2.42 bits per heavy atom. The molecule has 0 saturated carbocycles. The Bertz CT molecular complexity index is 718. The molecule has 0 aromatic carbocycles. The maximum Gasteiger partial charge on any atom is 0.413 e. The summed E-state index contributed by atoms with van der Waals surface area (Å²) in [5, 5.41) is 13.2. The summed E-state index contributed by atoms with van der Waals surface area (Å²) in [6, 6.07) is 3.72. The van der Waals surface area contributed by atoms with E-state index in [9.17, 15) is 4.79 Å². The molecular weight excluding hydrogens is 248 g/mol. The van der Waals surface area contributed by atoms with Crippen LogP contribution < -0.4 is 5.32 Å². The number of hydrogen-bond acceptors (Lipinski definition) is 5. The quantitative estimate of drug-likeness (QED) is 0.722. The highest BCUT2D eigenvalue weighted by Crippen LogP contribution is 2.22. The Morgan fingerprint density at radius 1 is 1.53 bits per heavy atom. The number of carbonyl (C=O) groups is 1. The van der Waals surface area contributed by atoms with Crippen molar-refractivity contribution in [3.63, 3.8) is 0 Å². The fraction of sp³-hybridized carbons (Fsp3) is 0.0909. The first-order valence-electron chi connectivity index (χ1n) is 5.47. The fourth-order valence-electron chi connectivity index (χ4n) is 1.72. The Hall–Kier alpha value is -2.90. The third-order valence-electron chi connectivity index (χ3n) is 2.56. The number of nitrogens with one attached hydrogen (secondary N) is 2. The number of aromatic amines is 1. The summed E-state index contributed by atoms with van der Waals surface area (Å²) in [5.41, 5.74) is 2.29. The molecule has 3 aromatic rings. The van der Waals surface area contributed by atoms with Crippen molar-refractivity contribution in [2.75, 3.05) is 12.4 Å². The highest BCUT2D eigenvalue weighted by atomic mass is 16.5. The van der Waals surface area contributed by atoms with E-state index in [0.717, 1.165) is 11.1 Å². The fourth-order valence-corrected chi connectivity index (χ4v) is 1.72. The molecule has 8 nitrogen and oxygen atoms in total. The van der Waals surface area contributed by atoms with Crippen LogP contribution in [0.2, 0.25) is 0 Å². The highest BCUT2D eigenvalue weighted by Gasteiger charge is 2.12. The van der Waals surface area contributed by atoms with Crippen LogP contribution in [0.25, 0.3) is 16.8 Å². The molecular formula is C11H10N6O2. The van der Waals surface area contributed by atoms with Crippen molar-refractivity contribution in [3.05, 3.63) is 30.7 Å². The molecule has 0 fully saturated rings. The normalized spacial score (nSPS) is 10.6. The molecule has 0 bridgehead atoms. The number of ether oxygens (including phenoxy) is 1. The van der Waals surface area contributed by atoms with Crippen LogP contribution in [0.5, 0.6) is 0 Å². The van der Waals surface area contributed by atoms with Gasteiger partial charge in [-0.15, -0.1) is 5.10 Å². The molecule has 0 saturated heterocycles. The van der Waals surface area contributed by atoms with E-state index in [1.807, 2.05) is 12.1 Å². The summed E-state index contributed by atoms with van der Waals surface area (Å²) in [7, 11) is 1.28. The minimum atomic E-state index is -0.621. The molecule has 2 N–H and O–H groups in total. The number of amides is 1. The lowest BCUT2D eigenvalue weighted by molar-refractivity contribution is 0.186. The van der Waals surface area contributed by atoms with Crippen molar-refractivity contribution in [1.82, 2.24) is 24.8 Å². The second kappa shape index (κ2) is 4.41. The number of H-pyrrole nitrogens is 1. The van der Waals surface area contributed by atoms with Crippen molar-refractivity contribution in [2.24, 2.45) is 0 Å². The summed E-state index contributed by atoms with van der Waals surface area (Å²) in [6.07, 6.45) is 4.52. The van der Waals surface area contributed by atoms with E-state index in [1.165, 1.54) is 7.11 Å². The lowest BCUT2D eigenvalue weighted by Gasteiger charge is -2.06. The smallest absolute Gasteiger partial charge is 0.413 e. The van der Waals surface area contributed by atoms with Gasteiger partial charge in [0.1, 0.15) is 5.69 Å². The zero-order chi connectivity index (χ0) is 13.2. The number of aromatic nitrogens is 5. The van der Waals surface area contributed by atoms with Gasteiger partial charge in [-0.1, -0.05) is 0 Å². The van der Waals surface area contributed by atoms with Gasteiger partial charge in [-0.3, -0.25) is 10.4 Å². The average molecular weight is 258 g/mol. The molecule has 0 radical (unpaired) electrons. The van der Waals surface area contributed by atoms with Crippen molar-refractivity contribution >= 4 is 17.6 Å². The van der Waals surface area contributed by atoms with Crippen LogP contribution >= 0.6 is 0 Å². The first kappa shape index (κ1) is 11.2. The lowest BCUT2D eigenvalue weighted by atomic mass is 10.2. The SMILES string of the molecule is COC(=O)Nc1nc(-c2cn[nH]c2)c2cccn2n1. The van der Waals surface area contributed by atoms with Crippen LogP contribution in [0.4, 0.5) is 10.7 Å². The Labute approximate surface area is 107 Å². The zero-order valence-electron chi connectivity index (χ0n) is 9.99. The minimum Gasteiger partial charge on any atom is -0.453 e. The second-order valence-corrected chi connectivity index (χ2v) is 3.73. The third kappa shape index (κ3) is 1.99. The van der Waals surface area contributed by atoms with Crippen molar-refractivity contribution in [2.45, 2.75) is 0 Å². The van der Waals surface area contributed by atoms with Gasteiger partial charge in [0.2, 0.25) is 0 Å². The highest BCUT2D eigenvalue weighted by molar-refractivity contribution is 5.83. The monoisotopic (exact) mass is 258 g/mol. The molecule has 3 rings (SSSR count). The Balaban J connectivity index is 2.13. The largest absolute Gasteiger partial charge is 0.453 e. The van der Waals surface area contributed by atoms with Gasteiger partial charge in [-0.25, -0.2) is 14.3 Å². The maximum atomic E-state index is 11.2. The van der Waals surface area contributed by atoms with Crippen molar-refractivity contribution in [3.8, 4) is 11.3 Å². The molecule has 0 aliphatic heterocycles. The van der Waals surface area contributed by atoms with E-state index in [-0.39, 0.29) is 5.95 Å². The molecule has 3 aromatic heterocycles. The lowest BCUT2D eigenvalue weighted by Crippen LogP contribution is -2.15. The molecule has 0 unspecified atom stereocenters. The number of fused-ring (bicyclic) bond motifs is 1. The third-order valence-corrected chi connectivity index (χ3v) is 2.56. The zero-order valence-corrected chi connectivity index (χ0v) is 9.99. The van der Waals surface area contributed by atoms with Crippen LogP contribution in [-0.2, 0) is 4.74 Å². The molecule has 0 atom stereocenters. The van der Waals surface area contributed by atoms with Gasteiger partial charge in [-0.2, -0.15) is 5.10 Å². The van der Waals surface area contributed by atoms with E-state index in [2.05, 4.69) is 30.3 Å². The topological polar surface area (TPSA) is 97.2 Å². The predicted molar refractivity (Wildman–Crippen MR) is 66.6 cm³/mol. The summed E-state index contributed by atoms with van der Waals surface area (Å²) < 4.78 is 6.15. The summed E-state index contributed by atoms with van der Waals surface area (Å²) in [6.45, 7) is 0. The van der Waals surface area contributed by atoms with E-state index in [1.54, 1.807) is 23.1 Å². The molecule has 1 amide bonds. The van der Waals surface area contributed by atoms with Gasteiger partial charge in [0, 0.05) is 18.0 Å². The number of anilines is 1. The van der Waals surface area contributed by atoms with Gasteiger partial charge in [0.05, 0.1) is 18.8 Å². The van der Waals surface area contributed by atoms with Gasteiger partial charge in [0.15, 0.2) is 0 Å². The van der Waals surface area contributed by atoms with Gasteiger partial charge in [0.25, 0.3) is 5.95 Å². The molecule has 19 heavy (non-hydrogen) atoms. The van der Waals surface area contributed by atoms with Crippen LogP contribution in [0.3, 0.4) is 0 Å². The van der Waals surface area contributed by atoms with Crippen molar-refractivity contribution in [1.29, 1.82) is 0 Å². The van der Waals surface area contributed by atoms with Gasteiger partial charge < -0.3 is 4.74 Å². The Morgan fingerprint density at radius 3 is 3.16 bits per heavy atom. The first-order valence-corrected chi connectivity index (χ1v) is 5.47. The summed E-state index contributed by atoms with van der Waals surface area (Å²) in [5.74, 6) is 0.159. The first-order chi connectivity index (χ1) is 9.28. The van der Waals surface area contributed by atoms with E-state index in [0.29, 0.717) is 5.69 Å². The van der Waals surface area contributed by atoms with E-state index < -0.39 is 6.09 Å². The average Bonchev–Trinajstić information content (AvgIpc) is 3.08. The minimum absolute atomic E-state index is 0.159. The number of nitrogens with zero attached hydrogens (tertiary/aromatic N) is 4. The van der Waals surface area contributed by atoms with Gasteiger partial charge in [-0.05, 0) is 12.1 Å². The predicted octanol–water partition coefficient (Wildman–Crippen LogP) is 1.30. The molecule has 0 spiro atoms. The number of methoxy groups -OCH3 is 1. The second-order valence-electron chi connectivity index (χ2n) is 3.73. The molecule has 0 aliphatic rings. The maximum absolute atomic E-state index is 11.2.